The Bertz CT molecular complexity index is 443. The first-order chi connectivity index (χ1) is 10.2. The molecular formula is C17H25ClN2O. The van der Waals surface area contributed by atoms with Crippen LogP contribution in [-0.2, 0) is 0 Å². The first-order valence-electron chi connectivity index (χ1n) is 8.27. The molecule has 3 nitrogen and oxygen atoms in total. The quantitative estimate of drug-likeness (QED) is 0.920. The van der Waals surface area contributed by atoms with E-state index in [2.05, 4.69) is 9.88 Å². The van der Waals surface area contributed by atoms with E-state index in [4.69, 9.17) is 11.6 Å². The maximum absolute atomic E-state index is 10.1. The predicted molar refractivity (Wildman–Crippen MR) is 86.8 cm³/mol. The molecule has 0 aromatic carbocycles. The lowest BCUT2D eigenvalue weighted by atomic mass is 9.78. The molecule has 2 aliphatic rings. The molecule has 0 bridgehead atoms. The van der Waals surface area contributed by atoms with E-state index in [1.165, 1.54) is 38.5 Å². The Morgan fingerprint density at radius 2 is 1.90 bits per heavy atom. The number of rotatable bonds is 3. The molecule has 0 unspecified atom stereocenters. The highest BCUT2D eigenvalue weighted by Crippen LogP contribution is 2.33. The lowest BCUT2D eigenvalue weighted by Gasteiger charge is -2.36. The summed E-state index contributed by atoms with van der Waals surface area (Å²) in [7, 11) is 0. The average molecular weight is 309 g/mol. The van der Waals surface area contributed by atoms with Crippen LogP contribution in [-0.4, -0.2) is 29.3 Å². The van der Waals surface area contributed by atoms with Crippen molar-refractivity contribution in [1.29, 1.82) is 0 Å². The second kappa shape index (κ2) is 6.97. The molecule has 0 spiro atoms. The van der Waals surface area contributed by atoms with Gasteiger partial charge in [0.1, 0.15) is 5.82 Å². The van der Waals surface area contributed by atoms with Crippen molar-refractivity contribution >= 4 is 17.4 Å². The molecule has 1 N–H and O–H groups in total. The van der Waals surface area contributed by atoms with Crippen molar-refractivity contribution in [1.82, 2.24) is 4.98 Å². The standard InChI is InChI=1S/C17H25ClN2O/c18-15-5-6-17(19-12-15)20-9-7-13(8-10-20)11-14-3-1-2-4-16(14)21/h5-6,12-14,16,21H,1-4,7-11H2/t14-,16+/m0/s1. The summed E-state index contributed by atoms with van der Waals surface area (Å²) < 4.78 is 0. The van der Waals surface area contributed by atoms with E-state index in [-0.39, 0.29) is 6.10 Å². The zero-order valence-corrected chi connectivity index (χ0v) is 13.3. The van der Waals surface area contributed by atoms with Crippen molar-refractivity contribution in [2.24, 2.45) is 11.8 Å². The van der Waals surface area contributed by atoms with Crippen LogP contribution in [0.3, 0.4) is 0 Å². The number of pyridine rings is 1. The SMILES string of the molecule is O[C@@H]1CCCC[C@H]1CC1CCN(c2ccc(Cl)cn2)CC1. The Balaban J connectivity index is 1.49. The lowest BCUT2D eigenvalue weighted by molar-refractivity contribution is 0.0535. The molecule has 4 heteroatoms. The van der Waals surface area contributed by atoms with Crippen LogP contribution < -0.4 is 4.90 Å². The minimum atomic E-state index is -0.0466. The van der Waals surface area contributed by atoms with Gasteiger partial charge in [-0.1, -0.05) is 24.4 Å². The fourth-order valence-corrected chi connectivity index (χ4v) is 3.96. The van der Waals surface area contributed by atoms with Crippen LogP contribution in [0.2, 0.25) is 5.02 Å². The van der Waals surface area contributed by atoms with Crippen molar-refractivity contribution in [2.75, 3.05) is 18.0 Å². The number of halogens is 1. The highest BCUT2D eigenvalue weighted by atomic mass is 35.5. The third kappa shape index (κ3) is 3.89. The van der Waals surface area contributed by atoms with E-state index >= 15 is 0 Å². The van der Waals surface area contributed by atoms with Crippen LogP contribution >= 0.6 is 11.6 Å². The molecule has 1 aliphatic carbocycles. The Hall–Kier alpha value is -0.800. The summed E-state index contributed by atoms with van der Waals surface area (Å²) in [6.45, 7) is 2.14. The summed E-state index contributed by atoms with van der Waals surface area (Å²) >= 11 is 5.89. The van der Waals surface area contributed by atoms with Gasteiger partial charge in [-0.3, -0.25) is 0 Å². The minimum absolute atomic E-state index is 0.0466. The van der Waals surface area contributed by atoms with Crippen molar-refractivity contribution in [3.63, 3.8) is 0 Å². The van der Waals surface area contributed by atoms with Gasteiger partial charge in [-0.2, -0.15) is 0 Å². The van der Waals surface area contributed by atoms with Gasteiger partial charge in [0, 0.05) is 19.3 Å². The molecule has 0 radical (unpaired) electrons. The van der Waals surface area contributed by atoms with Crippen LogP contribution in [0.4, 0.5) is 5.82 Å². The Morgan fingerprint density at radius 3 is 2.57 bits per heavy atom. The van der Waals surface area contributed by atoms with Crippen LogP contribution in [0.15, 0.2) is 18.3 Å². The number of hydrogen-bond acceptors (Lipinski definition) is 3. The zero-order valence-electron chi connectivity index (χ0n) is 12.5. The summed E-state index contributed by atoms with van der Waals surface area (Å²) in [5.74, 6) is 2.35. The summed E-state index contributed by atoms with van der Waals surface area (Å²) in [6, 6.07) is 3.92. The minimum Gasteiger partial charge on any atom is -0.393 e. The first kappa shape index (κ1) is 15.1. The molecule has 116 valence electrons. The number of hydrogen-bond donors (Lipinski definition) is 1. The molecule has 2 atom stereocenters. The smallest absolute Gasteiger partial charge is 0.128 e. The molecular weight excluding hydrogens is 284 g/mol. The van der Waals surface area contributed by atoms with E-state index < -0.39 is 0 Å². The molecule has 0 amide bonds. The van der Waals surface area contributed by atoms with E-state index in [9.17, 15) is 5.11 Å². The summed E-state index contributed by atoms with van der Waals surface area (Å²) in [5, 5.41) is 10.8. The fraction of sp³-hybridized carbons (Fsp3) is 0.706. The molecule has 1 aromatic heterocycles. The van der Waals surface area contributed by atoms with Crippen molar-refractivity contribution in [3.05, 3.63) is 23.4 Å². The third-order valence-corrected chi connectivity index (χ3v) is 5.38. The highest BCUT2D eigenvalue weighted by molar-refractivity contribution is 6.30. The first-order valence-corrected chi connectivity index (χ1v) is 8.65. The molecule has 2 heterocycles. The maximum Gasteiger partial charge on any atom is 0.128 e. The number of aliphatic hydroxyl groups excluding tert-OH is 1. The van der Waals surface area contributed by atoms with Crippen LogP contribution in [0, 0.1) is 11.8 Å². The van der Waals surface area contributed by atoms with Gasteiger partial charge < -0.3 is 10.0 Å². The van der Waals surface area contributed by atoms with Gasteiger partial charge in [0.25, 0.3) is 0 Å². The molecule has 1 saturated carbocycles. The second-order valence-electron chi connectivity index (χ2n) is 6.61. The van der Waals surface area contributed by atoms with Gasteiger partial charge in [-0.25, -0.2) is 4.98 Å². The molecule has 2 fully saturated rings. The summed E-state index contributed by atoms with van der Waals surface area (Å²) in [6.07, 6.45) is 10.1. The molecule has 1 aromatic rings. The molecule has 1 saturated heterocycles. The molecule has 3 rings (SSSR count). The molecule has 21 heavy (non-hydrogen) atoms. The predicted octanol–water partition coefficient (Wildman–Crippen LogP) is 3.89. The van der Waals surface area contributed by atoms with Gasteiger partial charge in [0.05, 0.1) is 11.1 Å². The Kier molecular flexibility index (Phi) is 5.02. The van der Waals surface area contributed by atoms with Crippen LogP contribution in [0.1, 0.15) is 44.9 Å². The van der Waals surface area contributed by atoms with Gasteiger partial charge >= 0.3 is 0 Å². The summed E-state index contributed by atoms with van der Waals surface area (Å²) in [5.41, 5.74) is 0. The number of nitrogens with zero attached hydrogens (tertiary/aromatic N) is 2. The average Bonchev–Trinajstić information content (AvgIpc) is 2.51. The largest absolute Gasteiger partial charge is 0.393 e. The number of aliphatic hydroxyl groups is 1. The topological polar surface area (TPSA) is 36.4 Å². The number of aromatic nitrogens is 1. The number of anilines is 1. The van der Waals surface area contributed by atoms with Crippen molar-refractivity contribution in [3.8, 4) is 0 Å². The van der Waals surface area contributed by atoms with Crippen LogP contribution in [0.5, 0.6) is 0 Å². The highest BCUT2D eigenvalue weighted by Gasteiger charge is 2.28. The van der Waals surface area contributed by atoms with Crippen molar-refractivity contribution in [2.45, 2.75) is 51.0 Å². The van der Waals surface area contributed by atoms with Gasteiger partial charge in [0.15, 0.2) is 0 Å². The van der Waals surface area contributed by atoms with E-state index in [0.717, 1.165) is 31.2 Å². The monoisotopic (exact) mass is 308 g/mol. The van der Waals surface area contributed by atoms with Gasteiger partial charge in [-0.15, -0.1) is 0 Å². The second-order valence-corrected chi connectivity index (χ2v) is 7.05. The Morgan fingerprint density at radius 1 is 1.14 bits per heavy atom. The maximum atomic E-state index is 10.1. The third-order valence-electron chi connectivity index (χ3n) is 5.16. The molecule has 1 aliphatic heterocycles. The lowest BCUT2D eigenvalue weighted by Crippen LogP contribution is -2.36. The fourth-order valence-electron chi connectivity index (χ4n) is 3.84. The van der Waals surface area contributed by atoms with E-state index in [1.807, 2.05) is 12.1 Å². The number of piperidine rings is 1. The zero-order chi connectivity index (χ0) is 14.7. The van der Waals surface area contributed by atoms with Crippen molar-refractivity contribution < 1.29 is 5.11 Å². The summed E-state index contributed by atoms with van der Waals surface area (Å²) in [4.78, 5) is 6.76. The van der Waals surface area contributed by atoms with E-state index in [1.54, 1.807) is 6.20 Å². The normalized spacial score (nSPS) is 27.8. The van der Waals surface area contributed by atoms with E-state index in [0.29, 0.717) is 10.9 Å². The van der Waals surface area contributed by atoms with Crippen LogP contribution in [0.25, 0.3) is 0 Å². The van der Waals surface area contributed by atoms with Gasteiger partial charge in [0.2, 0.25) is 0 Å². The van der Waals surface area contributed by atoms with Gasteiger partial charge in [-0.05, 0) is 56.1 Å². The Labute approximate surface area is 132 Å².